The van der Waals surface area contributed by atoms with Gasteiger partial charge in [-0.3, -0.25) is 9.78 Å². The summed E-state index contributed by atoms with van der Waals surface area (Å²) in [5, 5.41) is 20.1. The van der Waals surface area contributed by atoms with E-state index in [9.17, 15) is 9.90 Å². The van der Waals surface area contributed by atoms with Crippen LogP contribution in [-0.4, -0.2) is 22.0 Å². The van der Waals surface area contributed by atoms with Crippen LogP contribution in [0.4, 0.5) is 0 Å². The average Bonchev–Trinajstić information content (AvgIpc) is 2.18. The Labute approximate surface area is 81.0 Å². The van der Waals surface area contributed by atoms with Gasteiger partial charge < -0.3 is 10.4 Å². The molecule has 0 bridgehead atoms. The summed E-state index contributed by atoms with van der Waals surface area (Å²) in [6, 6.07) is 2.65. The lowest BCUT2D eigenvalue weighted by molar-refractivity contribution is 0.0945. The Balaban J connectivity index is 2.81. The van der Waals surface area contributed by atoms with Crippen molar-refractivity contribution in [2.45, 2.75) is 13.0 Å². The number of rotatable bonds is 2. The lowest BCUT2D eigenvalue weighted by Gasteiger charge is -2.06. The van der Waals surface area contributed by atoms with E-state index in [4.69, 9.17) is 5.26 Å². The van der Waals surface area contributed by atoms with Crippen molar-refractivity contribution in [1.82, 2.24) is 10.3 Å². The van der Waals surface area contributed by atoms with Gasteiger partial charge in [-0.25, -0.2) is 0 Å². The molecule has 0 spiro atoms. The number of nitriles is 1. The number of nitrogens with zero attached hydrogens (tertiary/aromatic N) is 2. The topological polar surface area (TPSA) is 86.0 Å². The van der Waals surface area contributed by atoms with Gasteiger partial charge in [-0.05, 0) is 13.0 Å². The standard InChI is InChI=1S/C9H9N3O2/c1-6(4-10)12-9(14)7-2-3-11-5-8(7)13/h2-3,5-6,13H,1H3,(H,12,14). The van der Waals surface area contributed by atoms with Crippen LogP contribution < -0.4 is 5.32 Å². The van der Waals surface area contributed by atoms with E-state index in [-0.39, 0.29) is 11.3 Å². The van der Waals surface area contributed by atoms with Crippen LogP contribution in [0.15, 0.2) is 18.5 Å². The molecule has 0 saturated heterocycles. The van der Waals surface area contributed by atoms with Crippen molar-refractivity contribution in [3.05, 3.63) is 24.0 Å². The van der Waals surface area contributed by atoms with Crippen LogP contribution >= 0.6 is 0 Å². The van der Waals surface area contributed by atoms with Gasteiger partial charge in [0.1, 0.15) is 11.8 Å². The fourth-order valence-electron chi connectivity index (χ4n) is 0.885. The van der Waals surface area contributed by atoms with Gasteiger partial charge in [0.25, 0.3) is 5.91 Å². The molecule has 0 saturated carbocycles. The number of hydrogen-bond acceptors (Lipinski definition) is 4. The molecule has 0 aliphatic rings. The van der Waals surface area contributed by atoms with Crippen molar-refractivity contribution in [1.29, 1.82) is 5.26 Å². The molecule has 0 radical (unpaired) electrons. The van der Waals surface area contributed by atoms with Crippen LogP contribution in [0, 0.1) is 11.3 Å². The van der Waals surface area contributed by atoms with Crippen molar-refractivity contribution in [2.75, 3.05) is 0 Å². The molecular weight excluding hydrogens is 182 g/mol. The highest BCUT2D eigenvalue weighted by Crippen LogP contribution is 2.13. The third-order valence-corrected chi connectivity index (χ3v) is 1.59. The number of carbonyl (C=O) groups excluding carboxylic acids is 1. The Morgan fingerprint density at radius 3 is 3.07 bits per heavy atom. The van der Waals surface area contributed by atoms with E-state index in [1.54, 1.807) is 6.92 Å². The summed E-state index contributed by atoms with van der Waals surface area (Å²) in [6.45, 7) is 1.55. The van der Waals surface area contributed by atoms with Crippen LogP contribution in [0.25, 0.3) is 0 Å². The van der Waals surface area contributed by atoms with Gasteiger partial charge in [0.05, 0.1) is 17.8 Å². The van der Waals surface area contributed by atoms with Gasteiger partial charge in [0.2, 0.25) is 0 Å². The van der Waals surface area contributed by atoms with E-state index < -0.39 is 11.9 Å². The first-order valence-corrected chi connectivity index (χ1v) is 3.98. The first-order valence-electron chi connectivity index (χ1n) is 3.98. The molecule has 14 heavy (non-hydrogen) atoms. The van der Waals surface area contributed by atoms with Crippen LogP contribution in [0.3, 0.4) is 0 Å². The third-order valence-electron chi connectivity index (χ3n) is 1.59. The van der Waals surface area contributed by atoms with E-state index in [1.165, 1.54) is 18.5 Å². The van der Waals surface area contributed by atoms with Crippen LogP contribution in [-0.2, 0) is 0 Å². The lowest BCUT2D eigenvalue weighted by Crippen LogP contribution is -2.31. The maximum atomic E-state index is 11.4. The van der Waals surface area contributed by atoms with E-state index >= 15 is 0 Å². The SMILES string of the molecule is CC(C#N)NC(=O)c1ccncc1O. The smallest absolute Gasteiger partial charge is 0.256 e. The summed E-state index contributed by atoms with van der Waals surface area (Å²) in [5.41, 5.74) is 0.113. The first-order chi connectivity index (χ1) is 6.65. The summed E-state index contributed by atoms with van der Waals surface area (Å²) in [6.07, 6.45) is 2.57. The van der Waals surface area contributed by atoms with Crippen LogP contribution in [0.1, 0.15) is 17.3 Å². The quantitative estimate of drug-likeness (QED) is 0.709. The average molecular weight is 191 g/mol. The van der Waals surface area contributed by atoms with Crippen molar-refractivity contribution in [3.63, 3.8) is 0 Å². The highest BCUT2D eigenvalue weighted by molar-refractivity contribution is 5.96. The molecule has 1 amide bonds. The highest BCUT2D eigenvalue weighted by atomic mass is 16.3. The normalized spacial score (nSPS) is 11.4. The van der Waals surface area contributed by atoms with Gasteiger partial charge >= 0.3 is 0 Å². The Kier molecular flexibility index (Phi) is 3.02. The summed E-state index contributed by atoms with van der Waals surface area (Å²) in [5.74, 6) is -0.686. The summed E-state index contributed by atoms with van der Waals surface area (Å²) in [4.78, 5) is 15.0. The zero-order chi connectivity index (χ0) is 10.6. The van der Waals surface area contributed by atoms with Crippen molar-refractivity contribution in [3.8, 4) is 11.8 Å². The van der Waals surface area contributed by atoms with Gasteiger partial charge in [0, 0.05) is 6.20 Å². The van der Waals surface area contributed by atoms with E-state index in [1.807, 2.05) is 6.07 Å². The van der Waals surface area contributed by atoms with Crippen LogP contribution in [0.5, 0.6) is 5.75 Å². The van der Waals surface area contributed by atoms with Crippen molar-refractivity contribution in [2.24, 2.45) is 0 Å². The highest BCUT2D eigenvalue weighted by Gasteiger charge is 2.12. The Morgan fingerprint density at radius 2 is 2.50 bits per heavy atom. The summed E-state index contributed by atoms with van der Waals surface area (Å²) >= 11 is 0. The monoisotopic (exact) mass is 191 g/mol. The first kappa shape index (κ1) is 9.99. The fourth-order valence-corrected chi connectivity index (χ4v) is 0.885. The molecule has 1 rings (SSSR count). The molecule has 1 heterocycles. The molecule has 0 aromatic carbocycles. The van der Waals surface area contributed by atoms with Crippen molar-refractivity contribution < 1.29 is 9.90 Å². The molecular formula is C9H9N3O2. The maximum absolute atomic E-state index is 11.4. The Morgan fingerprint density at radius 1 is 1.79 bits per heavy atom. The minimum Gasteiger partial charge on any atom is -0.505 e. The number of pyridine rings is 1. The number of amides is 1. The van der Waals surface area contributed by atoms with E-state index in [2.05, 4.69) is 10.3 Å². The minimum atomic E-state index is -0.588. The Bertz CT molecular complexity index is 384. The molecule has 5 heteroatoms. The zero-order valence-corrected chi connectivity index (χ0v) is 7.56. The van der Waals surface area contributed by atoms with Gasteiger partial charge in [-0.1, -0.05) is 0 Å². The predicted octanol–water partition coefficient (Wildman–Crippen LogP) is 0.429. The second-order valence-electron chi connectivity index (χ2n) is 2.72. The number of aromatic hydroxyl groups is 1. The molecule has 5 nitrogen and oxygen atoms in total. The number of aromatic nitrogens is 1. The molecule has 1 aromatic heterocycles. The molecule has 1 atom stereocenters. The Hall–Kier alpha value is -2.09. The second-order valence-corrected chi connectivity index (χ2v) is 2.72. The van der Waals surface area contributed by atoms with Gasteiger partial charge in [0.15, 0.2) is 0 Å². The minimum absolute atomic E-state index is 0.113. The molecule has 1 aromatic rings. The largest absolute Gasteiger partial charge is 0.505 e. The van der Waals surface area contributed by atoms with Gasteiger partial charge in [-0.15, -0.1) is 0 Å². The molecule has 0 aliphatic heterocycles. The summed E-state index contributed by atoms with van der Waals surface area (Å²) in [7, 11) is 0. The van der Waals surface area contributed by atoms with E-state index in [0.29, 0.717) is 0 Å². The lowest BCUT2D eigenvalue weighted by atomic mass is 10.2. The molecule has 0 aliphatic carbocycles. The number of hydrogen-bond donors (Lipinski definition) is 2. The number of carbonyl (C=O) groups is 1. The fraction of sp³-hybridized carbons (Fsp3) is 0.222. The summed E-state index contributed by atoms with van der Waals surface area (Å²) < 4.78 is 0. The molecule has 0 fully saturated rings. The maximum Gasteiger partial charge on any atom is 0.256 e. The second kappa shape index (κ2) is 4.23. The number of nitrogens with one attached hydrogen (secondary N) is 1. The van der Waals surface area contributed by atoms with Crippen LogP contribution in [0.2, 0.25) is 0 Å². The van der Waals surface area contributed by atoms with Gasteiger partial charge in [-0.2, -0.15) is 5.26 Å². The van der Waals surface area contributed by atoms with E-state index in [0.717, 1.165) is 0 Å². The zero-order valence-electron chi connectivity index (χ0n) is 7.56. The van der Waals surface area contributed by atoms with Crippen molar-refractivity contribution >= 4 is 5.91 Å². The molecule has 2 N–H and O–H groups in total. The molecule has 1 unspecified atom stereocenters. The molecule has 72 valence electrons. The predicted molar refractivity (Wildman–Crippen MR) is 48.4 cm³/mol. The third kappa shape index (κ3) is 2.20.